The van der Waals surface area contributed by atoms with Crippen LogP contribution in [0.3, 0.4) is 0 Å². The van der Waals surface area contributed by atoms with Crippen LogP contribution in [0.5, 0.6) is 0 Å². The number of amides is 1. The molecule has 0 unspecified atom stereocenters. The highest BCUT2D eigenvalue weighted by Crippen LogP contribution is 2.36. The fraction of sp³-hybridized carbons (Fsp3) is 0.300. The molecule has 1 N–H and O–H groups in total. The van der Waals surface area contributed by atoms with Gasteiger partial charge in [0.25, 0.3) is 5.69 Å². The van der Waals surface area contributed by atoms with E-state index in [9.17, 15) is 28.6 Å². The topological polar surface area (TPSA) is 158 Å². The third-order valence-electron chi connectivity index (χ3n) is 4.47. The third kappa shape index (κ3) is 5.64. The molecule has 0 saturated heterocycles. The molecule has 1 amide bonds. The number of azo groups is 1. The summed E-state index contributed by atoms with van der Waals surface area (Å²) < 4.78 is 24.4. The van der Waals surface area contributed by atoms with Crippen molar-refractivity contribution < 1.29 is 18.1 Å². The van der Waals surface area contributed by atoms with Gasteiger partial charge >= 0.3 is 0 Å². The molecule has 2 aromatic carbocycles. The number of carbonyl (C=O) groups is 1. The van der Waals surface area contributed by atoms with E-state index in [0.29, 0.717) is 5.69 Å². The summed E-state index contributed by atoms with van der Waals surface area (Å²) in [6.07, 6.45) is 0.855. The maximum Gasteiger partial charge on any atom is 0.272 e. The fourth-order valence-corrected chi connectivity index (χ4v) is 3.80. The summed E-state index contributed by atoms with van der Waals surface area (Å²) in [7, 11) is -3.97. The summed E-state index contributed by atoms with van der Waals surface area (Å²) in [5.41, 5.74) is 0.210. The highest BCUT2D eigenvalue weighted by atomic mass is 32.2. The van der Waals surface area contributed by atoms with Crippen LogP contribution in [0.2, 0.25) is 0 Å². The van der Waals surface area contributed by atoms with Gasteiger partial charge in [0.05, 0.1) is 16.2 Å². The number of rotatable bonds is 8. The first-order valence-corrected chi connectivity index (χ1v) is 11.4. The lowest BCUT2D eigenvalue weighted by Gasteiger charge is -2.22. The van der Waals surface area contributed by atoms with Gasteiger partial charge in [-0.2, -0.15) is 5.26 Å². The smallest absolute Gasteiger partial charge is 0.272 e. The minimum Gasteiger partial charge on any atom is -0.372 e. The van der Waals surface area contributed by atoms with Crippen molar-refractivity contribution in [1.29, 1.82) is 5.26 Å². The number of carbonyl (C=O) groups excluding carboxylic acids is 1. The van der Waals surface area contributed by atoms with Crippen molar-refractivity contribution in [1.82, 2.24) is 0 Å². The number of hydrogen-bond donors (Lipinski definition) is 1. The second kappa shape index (κ2) is 9.97. The zero-order valence-electron chi connectivity index (χ0n) is 18.0. The SMILES string of the molecule is CCN(CC)c1ccc(N=Nc2c(C#N)cc([N+](=O)[O-])cc2S(C)(=O)=O)c(NC(C)=O)c1. The summed E-state index contributed by atoms with van der Waals surface area (Å²) >= 11 is 0. The van der Waals surface area contributed by atoms with Gasteiger partial charge in [-0.15, -0.1) is 10.2 Å². The average molecular weight is 459 g/mol. The van der Waals surface area contributed by atoms with Gasteiger partial charge < -0.3 is 10.2 Å². The van der Waals surface area contributed by atoms with E-state index >= 15 is 0 Å². The molecule has 0 aliphatic carbocycles. The van der Waals surface area contributed by atoms with Gasteiger partial charge in [-0.25, -0.2) is 8.42 Å². The Morgan fingerprint density at radius 3 is 2.38 bits per heavy atom. The molecule has 168 valence electrons. The van der Waals surface area contributed by atoms with E-state index in [0.717, 1.165) is 37.2 Å². The van der Waals surface area contributed by atoms with Gasteiger partial charge in [-0.1, -0.05) is 0 Å². The molecule has 0 atom stereocenters. The summed E-state index contributed by atoms with van der Waals surface area (Å²) in [5, 5.41) is 31.2. The molecule has 2 aromatic rings. The van der Waals surface area contributed by atoms with Crippen LogP contribution in [0.1, 0.15) is 26.3 Å². The van der Waals surface area contributed by atoms with E-state index in [4.69, 9.17) is 0 Å². The van der Waals surface area contributed by atoms with Crippen LogP contribution in [0.25, 0.3) is 0 Å². The molecule has 0 heterocycles. The molecule has 0 aliphatic heterocycles. The Bertz CT molecular complexity index is 1230. The molecule has 0 spiro atoms. The van der Waals surface area contributed by atoms with E-state index < -0.39 is 25.3 Å². The molecular weight excluding hydrogens is 436 g/mol. The minimum atomic E-state index is -3.97. The largest absolute Gasteiger partial charge is 0.372 e. The van der Waals surface area contributed by atoms with Crippen LogP contribution < -0.4 is 10.2 Å². The summed E-state index contributed by atoms with van der Waals surface area (Å²) in [5.74, 6) is -0.344. The number of nitro groups is 1. The average Bonchev–Trinajstić information content (AvgIpc) is 2.72. The van der Waals surface area contributed by atoms with E-state index in [1.165, 1.54) is 6.92 Å². The maximum absolute atomic E-state index is 12.2. The monoisotopic (exact) mass is 458 g/mol. The number of sulfone groups is 1. The Kier molecular flexibility index (Phi) is 7.61. The molecule has 2 rings (SSSR count). The first kappa shape index (κ1) is 24.4. The van der Waals surface area contributed by atoms with Gasteiger partial charge in [0, 0.05) is 44.1 Å². The van der Waals surface area contributed by atoms with Crippen LogP contribution >= 0.6 is 0 Å². The van der Waals surface area contributed by atoms with Gasteiger partial charge in [-0.05, 0) is 32.0 Å². The number of non-ortho nitro benzene ring substituents is 1. The minimum absolute atomic E-state index is 0.220. The highest BCUT2D eigenvalue weighted by molar-refractivity contribution is 7.90. The second-order valence-corrected chi connectivity index (χ2v) is 8.72. The molecule has 12 heteroatoms. The predicted molar refractivity (Wildman–Crippen MR) is 119 cm³/mol. The Morgan fingerprint density at radius 1 is 1.22 bits per heavy atom. The molecule has 0 radical (unpaired) electrons. The van der Waals surface area contributed by atoms with Crippen molar-refractivity contribution in [3.63, 3.8) is 0 Å². The first-order chi connectivity index (χ1) is 15.0. The lowest BCUT2D eigenvalue weighted by atomic mass is 10.2. The molecule has 0 aromatic heterocycles. The van der Waals surface area contributed by atoms with Crippen molar-refractivity contribution in [2.75, 3.05) is 29.6 Å². The van der Waals surface area contributed by atoms with Gasteiger partial charge in [0.1, 0.15) is 22.3 Å². The quantitative estimate of drug-likeness (QED) is 0.354. The zero-order valence-corrected chi connectivity index (χ0v) is 18.8. The molecule has 0 saturated carbocycles. The van der Waals surface area contributed by atoms with E-state index in [2.05, 4.69) is 20.4 Å². The summed E-state index contributed by atoms with van der Waals surface area (Å²) in [6.45, 7) is 6.78. The second-order valence-electron chi connectivity index (χ2n) is 6.74. The molecule has 32 heavy (non-hydrogen) atoms. The number of nitro benzene ring substituents is 1. The number of anilines is 2. The molecule has 11 nitrogen and oxygen atoms in total. The van der Waals surface area contributed by atoms with Crippen molar-refractivity contribution in [2.24, 2.45) is 10.2 Å². The molecule has 0 bridgehead atoms. The van der Waals surface area contributed by atoms with Crippen molar-refractivity contribution in [2.45, 2.75) is 25.7 Å². The Morgan fingerprint density at radius 2 is 1.88 bits per heavy atom. The van der Waals surface area contributed by atoms with E-state index in [1.54, 1.807) is 24.3 Å². The van der Waals surface area contributed by atoms with Crippen LogP contribution in [0, 0.1) is 21.4 Å². The van der Waals surface area contributed by atoms with Crippen molar-refractivity contribution in [3.8, 4) is 6.07 Å². The fourth-order valence-electron chi connectivity index (χ4n) is 2.96. The number of nitriles is 1. The van der Waals surface area contributed by atoms with E-state index in [-0.39, 0.29) is 22.8 Å². The van der Waals surface area contributed by atoms with Gasteiger partial charge in [0.2, 0.25) is 5.91 Å². The first-order valence-electron chi connectivity index (χ1n) is 9.52. The summed E-state index contributed by atoms with van der Waals surface area (Å²) in [4.78, 5) is 23.6. The molecular formula is C20H22N6O5S. The normalized spacial score (nSPS) is 11.2. The number of nitrogens with one attached hydrogen (secondary N) is 1. The van der Waals surface area contributed by atoms with Crippen LogP contribution in [-0.2, 0) is 14.6 Å². The maximum atomic E-state index is 12.2. The van der Waals surface area contributed by atoms with Crippen LogP contribution in [0.15, 0.2) is 45.5 Å². The molecule has 0 fully saturated rings. The van der Waals surface area contributed by atoms with Gasteiger partial charge in [0.15, 0.2) is 9.84 Å². The van der Waals surface area contributed by atoms with Crippen molar-refractivity contribution in [3.05, 3.63) is 46.0 Å². The lowest BCUT2D eigenvalue weighted by molar-refractivity contribution is -0.385. The van der Waals surface area contributed by atoms with Crippen LogP contribution in [0.4, 0.5) is 28.4 Å². The zero-order chi connectivity index (χ0) is 24.1. The van der Waals surface area contributed by atoms with E-state index in [1.807, 2.05) is 13.8 Å². The van der Waals surface area contributed by atoms with Crippen molar-refractivity contribution >= 4 is 44.2 Å². The lowest BCUT2D eigenvalue weighted by Crippen LogP contribution is -2.21. The standard InChI is InChI=1S/C20H22N6O5S/c1-5-25(6-2)15-7-8-17(18(10-15)22-13(3)27)23-24-20-14(12-21)9-16(26(28)29)11-19(20)32(4,30)31/h7-11H,5-6H2,1-4H3,(H,22,27). The Hall–Kier alpha value is -3.85. The number of hydrogen-bond acceptors (Lipinski definition) is 9. The number of benzene rings is 2. The molecule has 0 aliphatic rings. The Balaban J connectivity index is 2.68. The number of nitrogens with zero attached hydrogens (tertiary/aromatic N) is 5. The summed E-state index contributed by atoms with van der Waals surface area (Å²) in [6, 6.07) is 8.57. The van der Waals surface area contributed by atoms with Gasteiger partial charge in [-0.3, -0.25) is 14.9 Å². The highest BCUT2D eigenvalue weighted by Gasteiger charge is 2.23. The predicted octanol–water partition coefficient (Wildman–Crippen LogP) is 4.09. The Labute approximate surface area is 185 Å². The van der Waals surface area contributed by atoms with Crippen LogP contribution in [-0.4, -0.2) is 38.6 Å². The third-order valence-corrected chi connectivity index (χ3v) is 5.58.